The van der Waals surface area contributed by atoms with Crippen LogP contribution in [0.4, 0.5) is 17.6 Å². The quantitative estimate of drug-likeness (QED) is 0.527. The minimum absolute atomic E-state index is 0.0763. The molecule has 0 N–H and O–H groups in total. The van der Waals surface area contributed by atoms with Gasteiger partial charge in [0.1, 0.15) is 5.82 Å². The molecule has 0 atom stereocenters. The van der Waals surface area contributed by atoms with E-state index in [-0.39, 0.29) is 30.8 Å². The van der Waals surface area contributed by atoms with E-state index in [2.05, 4.69) is 0 Å². The van der Waals surface area contributed by atoms with Crippen LogP contribution in [-0.2, 0) is 26.0 Å². The molecule has 29 heavy (non-hydrogen) atoms. The van der Waals surface area contributed by atoms with Gasteiger partial charge in [-0.25, -0.2) is 21.2 Å². The van der Waals surface area contributed by atoms with Crippen LogP contribution < -0.4 is 0 Å². The number of alkyl halides is 3. The van der Waals surface area contributed by atoms with Crippen LogP contribution >= 0.6 is 0 Å². The van der Waals surface area contributed by atoms with Crippen LogP contribution in [0.1, 0.15) is 18.4 Å². The highest BCUT2D eigenvalue weighted by Gasteiger charge is 2.41. The van der Waals surface area contributed by atoms with Crippen LogP contribution in [0.15, 0.2) is 58.3 Å². The summed E-state index contributed by atoms with van der Waals surface area (Å²) in [6, 6.07) is 8.18. The van der Waals surface area contributed by atoms with Crippen LogP contribution in [-0.4, -0.2) is 39.5 Å². The highest BCUT2D eigenvalue weighted by atomic mass is 32.2. The van der Waals surface area contributed by atoms with E-state index < -0.39 is 47.6 Å². The molecule has 0 amide bonds. The summed E-state index contributed by atoms with van der Waals surface area (Å²) in [5.41, 5.74) is -1.26. The lowest BCUT2D eigenvalue weighted by Crippen LogP contribution is -2.42. The number of halogens is 4. The summed E-state index contributed by atoms with van der Waals surface area (Å²) in [4.78, 5) is -0.935. The first kappa shape index (κ1) is 21.7. The Morgan fingerprint density at radius 3 is 1.97 bits per heavy atom. The van der Waals surface area contributed by atoms with Crippen LogP contribution in [0.2, 0.25) is 0 Å². The number of benzene rings is 2. The van der Waals surface area contributed by atoms with Crippen molar-refractivity contribution in [3.05, 3.63) is 59.9 Å². The van der Waals surface area contributed by atoms with E-state index in [1.165, 1.54) is 6.07 Å². The zero-order valence-electron chi connectivity index (χ0n) is 14.9. The molecule has 0 spiro atoms. The van der Waals surface area contributed by atoms with Crippen LogP contribution in [0.25, 0.3) is 0 Å². The van der Waals surface area contributed by atoms with E-state index in [1.807, 2.05) is 0 Å². The maximum atomic E-state index is 13.2. The van der Waals surface area contributed by atoms with Crippen LogP contribution in [0.5, 0.6) is 0 Å². The molecule has 1 aliphatic heterocycles. The van der Waals surface area contributed by atoms with Gasteiger partial charge in [-0.15, -0.1) is 0 Å². The summed E-state index contributed by atoms with van der Waals surface area (Å²) in [6.07, 6.45) is -4.99. The number of rotatable bonds is 4. The van der Waals surface area contributed by atoms with Crippen LogP contribution in [0.3, 0.4) is 0 Å². The molecule has 2 aromatic rings. The summed E-state index contributed by atoms with van der Waals surface area (Å²) in [5.74, 6) is -0.590. The van der Waals surface area contributed by atoms with Crippen molar-refractivity contribution >= 4 is 19.9 Å². The zero-order chi connectivity index (χ0) is 21.4. The smallest absolute Gasteiger partial charge is 0.223 e. The average Bonchev–Trinajstić information content (AvgIpc) is 2.68. The Bertz CT molecular complexity index is 1090. The molecule has 0 bridgehead atoms. The summed E-state index contributed by atoms with van der Waals surface area (Å²) < 4.78 is 104. The SMILES string of the molecule is O=S(=O)(c1ccc(F)cc1)C1CCN(S(=O)(=O)c2ccccc2C(F)(F)F)CC1. The minimum Gasteiger partial charge on any atom is -0.223 e. The summed E-state index contributed by atoms with van der Waals surface area (Å²) in [5, 5.41) is -0.905. The fraction of sp³-hybridized carbons (Fsp3) is 0.333. The third-order valence-corrected chi connectivity index (χ3v) is 9.03. The number of piperidine rings is 1. The van der Waals surface area contributed by atoms with Gasteiger partial charge < -0.3 is 0 Å². The van der Waals surface area contributed by atoms with Crippen molar-refractivity contribution in [3.63, 3.8) is 0 Å². The van der Waals surface area contributed by atoms with Crippen molar-refractivity contribution < 1.29 is 34.4 Å². The first-order valence-corrected chi connectivity index (χ1v) is 11.6. The first-order valence-electron chi connectivity index (χ1n) is 8.60. The second-order valence-corrected chi connectivity index (χ2v) is 10.7. The van der Waals surface area contributed by atoms with Gasteiger partial charge in [0.05, 0.1) is 20.6 Å². The number of hydrogen-bond acceptors (Lipinski definition) is 4. The molecule has 0 unspecified atom stereocenters. The lowest BCUT2D eigenvalue weighted by molar-refractivity contribution is -0.139. The number of sulfone groups is 1. The molecule has 0 radical (unpaired) electrons. The molecule has 1 fully saturated rings. The van der Waals surface area contributed by atoms with Crippen LogP contribution in [0, 0.1) is 5.82 Å². The van der Waals surface area contributed by atoms with E-state index in [0.717, 1.165) is 40.7 Å². The predicted octanol–water partition coefficient (Wildman–Crippen LogP) is 3.47. The van der Waals surface area contributed by atoms with Gasteiger partial charge in [-0.05, 0) is 49.2 Å². The lowest BCUT2D eigenvalue weighted by atomic mass is 10.2. The standard InChI is InChI=1S/C18H17F4NO4S2/c19-13-5-7-14(8-6-13)28(24,25)15-9-11-23(12-10-15)29(26,27)17-4-2-1-3-16(17)18(20,21)22/h1-8,15H,9-12H2. The van der Waals surface area contributed by atoms with Gasteiger partial charge in [0.25, 0.3) is 0 Å². The van der Waals surface area contributed by atoms with Gasteiger partial charge in [0.2, 0.25) is 10.0 Å². The Kier molecular flexibility index (Phi) is 5.76. The maximum absolute atomic E-state index is 13.2. The molecule has 11 heteroatoms. The molecule has 5 nitrogen and oxygen atoms in total. The monoisotopic (exact) mass is 451 g/mol. The highest BCUT2D eigenvalue weighted by Crippen LogP contribution is 2.36. The Morgan fingerprint density at radius 2 is 1.41 bits per heavy atom. The maximum Gasteiger partial charge on any atom is 0.417 e. The van der Waals surface area contributed by atoms with Gasteiger partial charge in [-0.3, -0.25) is 0 Å². The fourth-order valence-electron chi connectivity index (χ4n) is 3.26. The number of nitrogens with zero attached hydrogens (tertiary/aromatic N) is 1. The summed E-state index contributed by atoms with van der Waals surface area (Å²) in [6.45, 7) is -0.473. The van der Waals surface area contributed by atoms with E-state index in [9.17, 15) is 34.4 Å². The number of hydrogen-bond donors (Lipinski definition) is 0. The summed E-state index contributed by atoms with van der Waals surface area (Å²) >= 11 is 0. The molecule has 158 valence electrons. The van der Waals surface area contributed by atoms with Crippen molar-refractivity contribution in [2.75, 3.05) is 13.1 Å². The largest absolute Gasteiger partial charge is 0.417 e. The molecule has 1 heterocycles. The van der Waals surface area contributed by atoms with Gasteiger partial charge in [-0.1, -0.05) is 12.1 Å². The van der Waals surface area contributed by atoms with Crippen molar-refractivity contribution in [3.8, 4) is 0 Å². The van der Waals surface area contributed by atoms with E-state index in [4.69, 9.17) is 0 Å². The molecule has 0 aliphatic carbocycles. The first-order chi connectivity index (χ1) is 13.4. The molecule has 0 aromatic heterocycles. The van der Waals surface area contributed by atoms with Gasteiger partial charge in [0, 0.05) is 13.1 Å². The third kappa shape index (κ3) is 4.31. The Hall–Kier alpha value is -1.98. The molecule has 3 rings (SSSR count). The molecule has 1 aliphatic rings. The molecule has 0 saturated carbocycles. The minimum atomic E-state index is -4.84. The van der Waals surface area contributed by atoms with E-state index in [1.54, 1.807) is 0 Å². The predicted molar refractivity (Wildman–Crippen MR) is 96.8 cm³/mol. The molecular weight excluding hydrogens is 434 g/mol. The lowest BCUT2D eigenvalue weighted by Gasteiger charge is -2.31. The van der Waals surface area contributed by atoms with Gasteiger partial charge in [-0.2, -0.15) is 17.5 Å². The highest BCUT2D eigenvalue weighted by molar-refractivity contribution is 7.92. The Labute approximate surface area is 165 Å². The van der Waals surface area contributed by atoms with Crippen molar-refractivity contribution in [2.45, 2.75) is 34.1 Å². The third-order valence-electron chi connectivity index (χ3n) is 4.79. The zero-order valence-corrected chi connectivity index (χ0v) is 16.6. The topological polar surface area (TPSA) is 71.5 Å². The fourth-order valence-corrected chi connectivity index (χ4v) is 6.68. The summed E-state index contributed by atoms with van der Waals surface area (Å²) in [7, 11) is -8.26. The normalized spacial score (nSPS) is 17.4. The van der Waals surface area contributed by atoms with Crippen molar-refractivity contribution in [1.82, 2.24) is 4.31 Å². The van der Waals surface area contributed by atoms with Crippen molar-refractivity contribution in [2.24, 2.45) is 0 Å². The number of sulfonamides is 1. The van der Waals surface area contributed by atoms with Gasteiger partial charge in [0.15, 0.2) is 9.84 Å². The average molecular weight is 451 g/mol. The second kappa shape index (κ2) is 7.69. The molecule has 2 aromatic carbocycles. The van der Waals surface area contributed by atoms with E-state index in [0.29, 0.717) is 6.07 Å². The second-order valence-electron chi connectivity index (χ2n) is 6.60. The molecule has 1 saturated heterocycles. The Morgan fingerprint density at radius 1 is 0.862 bits per heavy atom. The molecular formula is C18H17F4NO4S2. The Balaban J connectivity index is 1.81. The van der Waals surface area contributed by atoms with Crippen molar-refractivity contribution in [1.29, 1.82) is 0 Å². The van der Waals surface area contributed by atoms with E-state index >= 15 is 0 Å². The van der Waals surface area contributed by atoms with Gasteiger partial charge >= 0.3 is 6.18 Å².